The summed E-state index contributed by atoms with van der Waals surface area (Å²) < 4.78 is 0. The molecule has 1 unspecified atom stereocenters. The highest BCUT2D eigenvalue weighted by Crippen LogP contribution is 2.09. The minimum Gasteiger partial charge on any atom is -0.370 e. The lowest BCUT2D eigenvalue weighted by Crippen LogP contribution is -2.24. The summed E-state index contributed by atoms with van der Waals surface area (Å²) in [5.74, 6) is 1.75. The van der Waals surface area contributed by atoms with Crippen LogP contribution < -0.4 is 10.6 Å². The molecule has 1 aliphatic heterocycles. The van der Waals surface area contributed by atoms with Gasteiger partial charge in [-0.2, -0.15) is 0 Å². The Kier molecular flexibility index (Phi) is 3.50. The quantitative estimate of drug-likeness (QED) is 0.780. The van der Waals surface area contributed by atoms with Crippen molar-refractivity contribution in [2.45, 2.75) is 32.2 Å². The topological polar surface area (TPSA) is 49.8 Å². The third-order valence-corrected chi connectivity index (χ3v) is 2.74. The summed E-state index contributed by atoms with van der Waals surface area (Å²) in [4.78, 5) is 8.36. The van der Waals surface area contributed by atoms with Gasteiger partial charge in [-0.3, -0.25) is 0 Å². The normalized spacial score (nSPS) is 20.5. The fourth-order valence-electron chi connectivity index (χ4n) is 1.93. The molecule has 4 heteroatoms. The van der Waals surface area contributed by atoms with Crippen molar-refractivity contribution in [2.75, 3.05) is 18.4 Å². The van der Waals surface area contributed by atoms with Gasteiger partial charge >= 0.3 is 0 Å². The predicted octanol–water partition coefficient (Wildman–Crippen LogP) is 1.34. The van der Waals surface area contributed by atoms with Gasteiger partial charge < -0.3 is 10.6 Å². The van der Waals surface area contributed by atoms with Crippen LogP contribution in [0.2, 0.25) is 0 Å². The average Bonchev–Trinajstić information content (AvgIpc) is 2.71. The number of hydrogen-bond acceptors (Lipinski definition) is 4. The third-order valence-electron chi connectivity index (χ3n) is 2.74. The Balaban J connectivity index is 1.73. The van der Waals surface area contributed by atoms with Crippen LogP contribution >= 0.6 is 0 Å². The van der Waals surface area contributed by atoms with Crippen molar-refractivity contribution in [3.63, 3.8) is 0 Å². The van der Waals surface area contributed by atoms with Crippen LogP contribution in [0, 0.1) is 6.92 Å². The molecule has 2 N–H and O–H groups in total. The van der Waals surface area contributed by atoms with Crippen molar-refractivity contribution in [1.82, 2.24) is 15.3 Å². The number of nitrogens with zero attached hydrogens (tertiary/aromatic N) is 2. The zero-order valence-electron chi connectivity index (χ0n) is 9.16. The van der Waals surface area contributed by atoms with Crippen molar-refractivity contribution in [1.29, 1.82) is 0 Å². The van der Waals surface area contributed by atoms with E-state index in [9.17, 15) is 0 Å². The van der Waals surface area contributed by atoms with E-state index in [0.29, 0.717) is 6.04 Å². The van der Waals surface area contributed by atoms with Gasteiger partial charge in [0.2, 0.25) is 0 Å². The van der Waals surface area contributed by atoms with E-state index in [1.807, 2.05) is 13.0 Å². The molecule has 0 amide bonds. The van der Waals surface area contributed by atoms with Gasteiger partial charge in [0.15, 0.2) is 0 Å². The summed E-state index contributed by atoms with van der Waals surface area (Å²) in [7, 11) is 0. The van der Waals surface area contributed by atoms with Crippen LogP contribution in [0.25, 0.3) is 0 Å². The lowest BCUT2D eigenvalue weighted by molar-refractivity contribution is 0.574. The molecule has 1 atom stereocenters. The van der Waals surface area contributed by atoms with Crippen molar-refractivity contribution in [3.8, 4) is 0 Å². The zero-order chi connectivity index (χ0) is 10.5. The van der Waals surface area contributed by atoms with Gasteiger partial charge in [-0.25, -0.2) is 9.97 Å². The molecule has 1 fully saturated rings. The Morgan fingerprint density at radius 3 is 3.27 bits per heavy atom. The third kappa shape index (κ3) is 3.16. The zero-order valence-corrected chi connectivity index (χ0v) is 9.16. The Hall–Kier alpha value is -1.16. The maximum absolute atomic E-state index is 4.29. The first-order valence-corrected chi connectivity index (χ1v) is 5.61. The molecule has 1 aliphatic rings. The molecule has 0 radical (unpaired) electrons. The van der Waals surface area contributed by atoms with Gasteiger partial charge in [0.1, 0.15) is 11.6 Å². The largest absolute Gasteiger partial charge is 0.370 e. The highest BCUT2D eigenvalue weighted by Gasteiger charge is 2.12. The maximum atomic E-state index is 4.29. The van der Waals surface area contributed by atoms with Crippen LogP contribution in [0.3, 0.4) is 0 Å². The Morgan fingerprint density at radius 2 is 2.53 bits per heavy atom. The van der Waals surface area contributed by atoms with Crippen molar-refractivity contribution < 1.29 is 0 Å². The van der Waals surface area contributed by atoms with Crippen LogP contribution in [-0.4, -0.2) is 29.1 Å². The number of nitrogens with one attached hydrogen (secondary N) is 2. The Bertz CT molecular complexity index is 307. The van der Waals surface area contributed by atoms with Gasteiger partial charge in [-0.1, -0.05) is 0 Å². The number of aromatic nitrogens is 2. The average molecular weight is 206 g/mol. The molecule has 1 aromatic heterocycles. The fraction of sp³-hybridized carbons (Fsp3) is 0.636. The van der Waals surface area contributed by atoms with E-state index in [1.165, 1.54) is 25.8 Å². The predicted molar refractivity (Wildman–Crippen MR) is 60.9 cm³/mol. The monoisotopic (exact) mass is 206 g/mol. The van der Waals surface area contributed by atoms with Gasteiger partial charge in [0, 0.05) is 18.8 Å². The molecule has 2 heterocycles. The molecular formula is C11H18N4. The smallest absolute Gasteiger partial charge is 0.129 e. The number of rotatable bonds is 4. The van der Waals surface area contributed by atoms with Crippen LogP contribution in [-0.2, 0) is 0 Å². The first kappa shape index (κ1) is 10.4. The molecule has 1 aromatic rings. The van der Waals surface area contributed by atoms with Crippen LogP contribution in [0.4, 0.5) is 5.82 Å². The fourth-order valence-corrected chi connectivity index (χ4v) is 1.93. The molecule has 0 aromatic carbocycles. The van der Waals surface area contributed by atoms with E-state index >= 15 is 0 Å². The van der Waals surface area contributed by atoms with Crippen LogP contribution in [0.1, 0.15) is 25.1 Å². The molecule has 4 nitrogen and oxygen atoms in total. The summed E-state index contributed by atoms with van der Waals surface area (Å²) in [5, 5.41) is 6.80. The molecule has 0 aliphatic carbocycles. The van der Waals surface area contributed by atoms with E-state index in [1.54, 1.807) is 6.20 Å². The summed E-state index contributed by atoms with van der Waals surface area (Å²) in [6.07, 6.45) is 5.59. The molecule has 0 spiro atoms. The number of anilines is 1. The van der Waals surface area contributed by atoms with E-state index in [-0.39, 0.29) is 0 Å². The van der Waals surface area contributed by atoms with E-state index in [4.69, 9.17) is 0 Å². The minimum absolute atomic E-state index is 0.695. The SMILES string of the molecule is Cc1nccc(NCCC2CCCN2)n1. The summed E-state index contributed by atoms with van der Waals surface area (Å²) in [5.41, 5.74) is 0. The van der Waals surface area contributed by atoms with Crippen LogP contribution in [0.5, 0.6) is 0 Å². The second kappa shape index (κ2) is 5.07. The van der Waals surface area contributed by atoms with Crippen molar-refractivity contribution in [2.24, 2.45) is 0 Å². The van der Waals surface area contributed by atoms with E-state index in [2.05, 4.69) is 20.6 Å². The van der Waals surface area contributed by atoms with Crippen LogP contribution in [0.15, 0.2) is 12.3 Å². The minimum atomic E-state index is 0.695. The second-order valence-corrected chi connectivity index (χ2v) is 4.00. The summed E-state index contributed by atoms with van der Waals surface area (Å²) in [6, 6.07) is 2.61. The summed E-state index contributed by atoms with van der Waals surface area (Å²) >= 11 is 0. The molecule has 0 bridgehead atoms. The molecular weight excluding hydrogens is 188 g/mol. The maximum Gasteiger partial charge on any atom is 0.129 e. The summed E-state index contributed by atoms with van der Waals surface area (Å²) in [6.45, 7) is 4.06. The lowest BCUT2D eigenvalue weighted by Gasteiger charge is -2.10. The van der Waals surface area contributed by atoms with Gasteiger partial charge in [0.25, 0.3) is 0 Å². The molecule has 15 heavy (non-hydrogen) atoms. The van der Waals surface area contributed by atoms with Gasteiger partial charge in [0.05, 0.1) is 0 Å². The molecule has 1 saturated heterocycles. The highest BCUT2D eigenvalue weighted by molar-refractivity contribution is 5.32. The van der Waals surface area contributed by atoms with Gasteiger partial charge in [-0.15, -0.1) is 0 Å². The number of aryl methyl sites for hydroxylation is 1. The first-order chi connectivity index (χ1) is 7.34. The van der Waals surface area contributed by atoms with Crippen molar-refractivity contribution in [3.05, 3.63) is 18.1 Å². The second-order valence-electron chi connectivity index (χ2n) is 4.00. The van der Waals surface area contributed by atoms with Gasteiger partial charge in [-0.05, 0) is 38.8 Å². The number of hydrogen-bond donors (Lipinski definition) is 2. The first-order valence-electron chi connectivity index (χ1n) is 5.61. The van der Waals surface area contributed by atoms with E-state index < -0.39 is 0 Å². The molecule has 0 saturated carbocycles. The standard InChI is InChI=1S/C11H18N4/c1-9-12-8-5-11(15-9)14-7-4-10-3-2-6-13-10/h5,8,10,13H,2-4,6-7H2,1H3,(H,12,14,15). The van der Waals surface area contributed by atoms with Crippen molar-refractivity contribution >= 4 is 5.82 Å². The molecule has 2 rings (SSSR count). The molecule has 82 valence electrons. The highest BCUT2D eigenvalue weighted by atomic mass is 15.0. The lowest BCUT2D eigenvalue weighted by atomic mass is 10.1. The van der Waals surface area contributed by atoms with E-state index in [0.717, 1.165) is 18.2 Å². The Morgan fingerprint density at radius 1 is 1.60 bits per heavy atom. The Labute approximate surface area is 90.5 Å².